The first-order chi connectivity index (χ1) is 9.70. The molecule has 2 heterocycles. The molecule has 1 aromatic heterocycles. The van der Waals surface area contributed by atoms with E-state index in [9.17, 15) is 0 Å². The molecule has 3 rings (SSSR count). The van der Waals surface area contributed by atoms with Crippen LogP contribution in [0.3, 0.4) is 0 Å². The lowest BCUT2D eigenvalue weighted by molar-refractivity contribution is 0.119. The highest BCUT2D eigenvalue weighted by molar-refractivity contribution is 5.06. The third-order valence-electron chi connectivity index (χ3n) is 4.35. The van der Waals surface area contributed by atoms with Crippen molar-refractivity contribution < 1.29 is 4.52 Å². The standard InChI is InChI=1S/C15H26N4O/c1-18(2)14-4-3-7-19(10-14)11-15-8-13(17-20-15)9-16-12-5-6-12/h8,12,14,16H,3-7,9-11H2,1-2H3. The molecular weight excluding hydrogens is 252 g/mol. The van der Waals surface area contributed by atoms with Gasteiger partial charge in [0.15, 0.2) is 5.76 Å². The van der Waals surface area contributed by atoms with Crippen molar-refractivity contribution >= 4 is 0 Å². The largest absolute Gasteiger partial charge is 0.360 e. The fourth-order valence-corrected chi connectivity index (χ4v) is 2.87. The van der Waals surface area contributed by atoms with Crippen molar-refractivity contribution in [2.45, 2.75) is 50.9 Å². The number of nitrogens with one attached hydrogen (secondary N) is 1. The lowest BCUT2D eigenvalue weighted by atomic mass is 10.0. The first kappa shape index (κ1) is 14.0. The van der Waals surface area contributed by atoms with Crippen molar-refractivity contribution in [1.82, 2.24) is 20.3 Å². The summed E-state index contributed by atoms with van der Waals surface area (Å²) in [4.78, 5) is 4.81. The number of piperidine rings is 1. The van der Waals surface area contributed by atoms with Crippen LogP contribution in [-0.4, -0.2) is 54.2 Å². The van der Waals surface area contributed by atoms with Gasteiger partial charge in [-0.05, 0) is 46.3 Å². The summed E-state index contributed by atoms with van der Waals surface area (Å²) >= 11 is 0. The molecule has 1 unspecified atom stereocenters. The Balaban J connectivity index is 1.49. The molecule has 5 heteroatoms. The van der Waals surface area contributed by atoms with Crippen molar-refractivity contribution in [3.63, 3.8) is 0 Å². The second kappa shape index (κ2) is 6.24. The zero-order valence-corrected chi connectivity index (χ0v) is 12.6. The fraction of sp³-hybridized carbons (Fsp3) is 0.800. The van der Waals surface area contributed by atoms with Crippen LogP contribution in [0.2, 0.25) is 0 Å². The number of hydrogen-bond acceptors (Lipinski definition) is 5. The van der Waals surface area contributed by atoms with Crippen LogP contribution in [0.4, 0.5) is 0 Å². The SMILES string of the molecule is CN(C)C1CCCN(Cc2cc(CNC3CC3)no2)C1. The first-order valence-electron chi connectivity index (χ1n) is 7.77. The highest BCUT2D eigenvalue weighted by Gasteiger charge is 2.23. The molecule has 1 N–H and O–H groups in total. The average molecular weight is 278 g/mol. The Morgan fingerprint density at radius 2 is 2.25 bits per heavy atom. The van der Waals surface area contributed by atoms with E-state index in [0.29, 0.717) is 6.04 Å². The summed E-state index contributed by atoms with van der Waals surface area (Å²) in [5, 5.41) is 7.63. The number of likely N-dealkylation sites (N-methyl/N-ethyl adjacent to an activating group) is 1. The summed E-state index contributed by atoms with van der Waals surface area (Å²) in [6.07, 6.45) is 5.19. The second-order valence-electron chi connectivity index (χ2n) is 6.43. The number of nitrogens with zero attached hydrogens (tertiary/aromatic N) is 3. The van der Waals surface area contributed by atoms with Crippen LogP contribution in [0, 0.1) is 0 Å². The van der Waals surface area contributed by atoms with Gasteiger partial charge >= 0.3 is 0 Å². The normalized spacial score (nSPS) is 24.4. The highest BCUT2D eigenvalue weighted by atomic mass is 16.5. The van der Waals surface area contributed by atoms with Crippen molar-refractivity contribution in [3.05, 3.63) is 17.5 Å². The predicted molar refractivity (Wildman–Crippen MR) is 78.4 cm³/mol. The quantitative estimate of drug-likeness (QED) is 0.853. The van der Waals surface area contributed by atoms with Gasteiger partial charge in [0.2, 0.25) is 0 Å². The van der Waals surface area contributed by atoms with E-state index in [1.54, 1.807) is 0 Å². The molecular formula is C15H26N4O. The maximum Gasteiger partial charge on any atom is 0.151 e. The molecule has 1 saturated carbocycles. The van der Waals surface area contributed by atoms with Gasteiger partial charge in [-0.3, -0.25) is 4.90 Å². The van der Waals surface area contributed by atoms with E-state index in [0.717, 1.165) is 37.1 Å². The predicted octanol–water partition coefficient (Wildman–Crippen LogP) is 1.45. The molecule has 1 aliphatic heterocycles. The van der Waals surface area contributed by atoms with Gasteiger partial charge in [0.1, 0.15) is 0 Å². The third kappa shape index (κ3) is 3.81. The molecule has 0 amide bonds. The van der Waals surface area contributed by atoms with Crippen LogP contribution < -0.4 is 5.32 Å². The van der Waals surface area contributed by atoms with E-state index in [2.05, 4.69) is 40.4 Å². The fourth-order valence-electron chi connectivity index (χ4n) is 2.87. The van der Waals surface area contributed by atoms with Crippen molar-refractivity contribution in [1.29, 1.82) is 0 Å². The van der Waals surface area contributed by atoms with Gasteiger partial charge in [-0.1, -0.05) is 5.16 Å². The van der Waals surface area contributed by atoms with E-state index >= 15 is 0 Å². The molecule has 1 aromatic rings. The maximum atomic E-state index is 5.47. The van der Waals surface area contributed by atoms with Crippen molar-refractivity contribution in [3.8, 4) is 0 Å². The van der Waals surface area contributed by atoms with Crippen molar-refractivity contribution in [2.75, 3.05) is 27.2 Å². The number of hydrogen-bond donors (Lipinski definition) is 1. The maximum absolute atomic E-state index is 5.47. The van der Waals surface area contributed by atoms with E-state index in [1.165, 1.54) is 32.2 Å². The molecule has 20 heavy (non-hydrogen) atoms. The van der Waals surface area contributed by atoms with Crippen molar-refractivity contribution in [2.24, 2.45) is 0 Å². The molecule has 1 atom stereocenters. The number of likely N-dealkylation sites (tertiary alicyclic amines) is 1. The molecule has 1 aliphatic carbocycles. The Labute approximate surface area is 121 Å². The van der Waals surface area contributed by atoms with Crippen LogP contribution in [0.5, 0.6) is 0 Å². The van der Waals surface area contributed by atoms with Gasteiger partial charge in [0.25, 0.3) is 0 Å². The summed E-state index contributed by atoms with van der Waals surface area (Å²) in [7, 11) is 4.34. The summed E-state index contributed by atoms with van der Waals surface area (Å²) in [5.74, 6) is 0.997. The van der Waals surface area contributed by atoms with Gasteiger partial charge < -0.3 is 14.7 Å². The third-order valence-corrected chi connectivity index (χ3v) is 4.35. The lowest BCUT2D eigenvalue weighted by Crippen LogP contribution is -2.44. The van der Waals surface area contributed by atoms with E-state index < -0.39 is 0 Å². The zero-order chi connectivity index (χ0) is 13.9. The lowest BCUT2D eigenvalue weighted by Gasteiger charge is -2.35. The summed E-state index contributed by atoms with van der Waals surface area (Å²) in [6, 6.07) is 3.50. The monoisotopic (exact) mass is 278 g/mol. The molecule has 2 aliphatic rings. The summed E-state index contributed by atoms with van der Waals surface area (Å²) in [5.41, 5.74) is 1.04. The van der Waals surface area contributed by atoms with E-state index in [4.69, 9.17) is 4.52 Å². The second-order valence-corrected chi connectivity index (χ2v) is 6.43. The van der Waals surface area contributed by atoms with Crippen LogP contribution in [0.15, 0.2) is 10.6 Å². The van der Waals surface area contributed by atoms with Crippen LogP contribution >= 0.6 is 0 Å². The van der Waals surface area contributed by atoms with Crippen LogP contribution in [0.25, 0.3) is 0 Å². The summed E-state index contributed by atoms with van der Waals surface area (Å²) in [6.45, 7) is 4.03. The Kier molecular flexibility index (Phi) is 4.38. The smallest absolute Gasteiger partial charge is 0.151 e. The summed E-state index contributed by atoms with van der Waals surface area (Å²) < 4.78 is 5.47. The molecule has 1 saturated heterocycles. The Bertz CT molecular complexity index is 427. The number of aromatic nitrogens is 1. The van der Waals surface area contributed by atoms with Gasteiger partial charge in [0, 0.05) is 31.2 Å². The Morgan fingerprint density at radius 1 is 1.40 bits per heavy atom. The van der Waals surface area contributed by atoms with E-state index in [-0.39, 0.29) is 0 Å². The average Bonchev–Trinajstić information content (AvgIpc) is 3.17. The Morgan fingerprint density at radius 3 is 3.00 bits per heavy atom. The van der Waals surface area contributed by atoms with Crippen LogP contribution in [-0.2, 0) is 13.1 Å². The van der Waals surface area contributed by atoms with Crippen LogP contribution in [0.1, 0.15) is 37.1 Å². The first-order valence-corrected chi connectivity index (χ1v) is 7.77. The van der Waals surface area contributed by atoms with Gasteiger partial charge in [-0.15, -0.1) is 0 Å². The molecule has 5 nitrogen and oxygen atoms in total. The zero-order valence-electron chi connectivity index (χ0n) is 12.6. The highest BCUT2D eigenvalue weighted by Crippen LogP contribution is 2.20. The molecule has 0 radical (unpaired) electrons. The molecule has 0 aromatic carbocycles. The van der Waals surface area contributed by atoms with Gasteiger partial charge in [0.05, 0.1) is 12.2 Å². The topological polar surface area (TPSA) is 44.5 Å². The molecule has 0 bridgehead atoms. The van der Waals surface area contributed by atoms with E-state index in [1.807, 2.05) is 0 Å². The minimum absolute atomic E-state index is 0.669. The van der Waals surface area contributed by atoms with Gasteiger partial charge in [-0.2, -0.15) is 0 Å². The molecule has 2 fully saturated rings. The van der Waals surface area contributed by atoms with Gasteiger partial charge in [-0.25, -0.2) is 0 Å². The molecule has 112 valence electrons. The number of rotatable bonds is 6. The minimum atomic E-state index is 0.669. The molecule has 0 spiro atoms. The minimum Gasteiger partial charge on any atom is -0.360 e. The Hall–Kier alpha value is -0.910.